The third-order valence-electron chi connectivity index (χ3n) is 5.67. The van der Waals surface area contributed by atoms with Crippen molar-refractivity contribution in [1.29, 1.82) is 0 Å². The molecule has 2 aromatic rings. The Kier molecular flexibility index (Phi) is 5.22. The molecule has 0 atom stereocenters. The van der Waals surface area contributed by atoms with E-state index in [-0.39, 0.29) is 11.8 Å². The average molecular weight is 397 g/mol. The maximum Gasteiger partial charge on any atom is 0.255 e. The van der Waals surface area contributed by atoms with Crippen LogP contribution < -0.4 is 9.47 Å². The maximum atomic E-state index is 13.2. The number of ether oxygens (including phenoxy) is 2. The first-order valence-electron chi connectivity index (χ1n) is 10.1. The smallest absolute Gasteiger partial charge is 0.255 e. The molecule has 7 nitrogen and oxygen atoms in total. The third kappa shape index (κ3) is 3.69. The molecular weight excluding hydrogens is 370 g/mol. The Morgan fingerprint density at radius 3 is 2.34 bits per heavy atom. The van der Waals surface area contributed by atoms with Crippen molar-refractivity contribution in [2.75, 3.05) is 39.4 Å². The first-order chi connectivity index (χ1) is 14.0. The second-order valence-electron chi connectivity index (χ2n) is 7.60. The Labute approximate surface area is 170 Å². The molecule has 3 heterocycles. The molecule has 29 heavy (non-hydrogen) atoms. The molecule has 2 aliphatic rings. The number of amides is 2. The topological polar surface area (TPSA) is 64.0 Å². The van der Waals surface area contributed by atoms with Crippen molar-refractivity contribution in [2.45, 2.75) is 27.2 Å². The molecule has 0 radical (unpaired) electrons. The van der Waals surface area contributed by atoms with Gasteiger partial charge in [-0.15, -0.1) is 0 Å². The molecule has 0 aliphatic carbocycles. The second kappa shape index (κ2) is 7.81. The van der Waals surface area contributed by atoms with Crippen LogP contribution in [0.4, 0.5) is 0 Å². The van der Waals surface area contributed by atoms with Crippen molar-refractivity contribution in [1.82, 2.24) is 14.4 Å². The predicted octanol–water partition coefficient (Wildman–Crippen LogP) is 2.56. The number of nitrogens with zero attached hydrogens (tertiary/aromatic N) is 3. The minimum absolute atomic E-state index is 0.0206. The van der Waals surface area contributed by atoms with E-state index in [1.165, 1.54) is 0 Å². The van der Waals surface area contributed by atoms with E-state index in [9.17, 15) is 9.59 Å². The molecular formula is C22H27N3O4. The first kappa shape index (κ1) is 19.4. The summed E-state index contributed by atoms with van der Waals surface area (Å²) in [4.78, 5) is 28.6. The fraction of sp³-hybridized carbons (Fsp3) is 0.455. The summed E-state index contributed by atoms with van der Waals surface area (Å²) in [6, 6.07) is 7.80. The summed E-state index contributed by atoms with van der Waals surface area (Å²) in [5, 5.41) is 0. The monoisotopic (exact) mass is 397 g/mol. The van der Waals surface area contributed by atoms with Crippen LogP contribution in [0.2, 0.25) is 0 Å². The Bertz CT molecular complexity index is 950. The molecule has 0 unspecified atom stereocenters. The van der Waals surface area contributed by atoms with Crippen molar-refractivity contribution in [3.63, 3.8) is 0 Å². The standard InChI is InChI=1S/C22H27N3O4/c1-15-13-19(22(27)24-8-4-7-23(9-10-24)17(3)26)16(2)25(15)18-5-6-20-21(14-18)29-12-11-28-20/h5-6,13-14H,4,7-12H2,1-3H3. The zero-order chi connectivity index (χ0) is 20.5. The lowest BCUT2D eigenvalue weighted by atomic mass is 10.2. The van der Waals surface area contributed by atoms with E-state index in [1.807, 2.05) is 47.9 Å². The van der Waals surface area contributed by atoms with Crippen LogP contribution in [0.5, 0.6) is 11.5 Å². The Balaban J connectivity index is 1.60. The van der Waals surface area contributed by atoms with E-state index in [0.717, 1.165) is 35.0 Å². The van der Waals surface area contributed by atoms with Gasteiger partial charge in [0.15, 0.2) is 11.5 Å². The van der Waals surface area contributed by atoms with Crippen molar-refractivity contribution >= 4 is 11.8 Å². The fourth-order valence-electron chi connectivity index (χ4n) is 4.15. The van der Waals surface area contributed by atoms with E-state index in [0.29, 0.717) is 45.0 Å². The van der Waals surface area contributed by atoms with Crippen LogP contribution in [0, 0.1) is 13.8 Å². The van der Waals surface area contributed by atoms with Crippen molar-refractivity contribution in [2.24, 2.45) is 0 Å². The maximum absolute atomic E-state index is 13.2. The van der Waals surface area contributed by atoms with Crippen LogP contribution in [0.1, 0.15) is 35.1 Å². The van der Waals surface area contributed by atoms with Gasteiger partial charge in [-0.05, 0) is 38.5 Å². The van der Waals surface area contributed by atoms with E-state index in [4.69, 9.17) is 9.47 Å². The molecule has 0 saturated carbocycles. The number of benzene rings is 1. The summed E-state index contributed by atoms with van der Waals surface area (Å²) in [6.07, 6.45) is 0.798. The number of carbonyl (C=O) groups is 2. The highest BCUT2D eigenvalue weighted by atomic mass is 16.6. The van der Waals surface area contributed by atoms with Crippen LogP contribution in [-0.4, -0.2) is 65.6 Å². The van der Waals surface area contributed by atoms with Gasteiger partial charge in [0.1, 0.15) is 13.2 Å². The largest absolute Gasteiger partial charge is 0.486 e. The first-order valence-corrected chi connectivity index (χ1v) is 10.1. The molecule has 2 aliphatic heterocycles. The molecule has 1 aromatic heterocycles. The lowest BCUT2D eigenvalue weighted by Crippen LogP contribution is -2.36. The molecule has 0 N–H and O–H groups in total. The summed E-state index contributed by atoms with van der Waals surface area (Å²) >= 11 is 0. The van der Waals surface area contributed by atoms with Gasteiger partial charge in [0.25, 0.3) is 5.91 Å². The second-order valence-corrected chi connectivity index (χ2v) is 7.60. The number of hydrogen-bond donors (Lipinski definition) is 0. The van der Waals surface area contributed by atoms with Crippen molar-refractivity contribution in [3.05, 3.63) is 41.2 Å². The van der Waals surface area contributed by atoms with Crippen LogP contribution in [-0.2, 0) is 4.79 Å². The van der Waals surface area contributed by atoms with Crippen LogP contribution in [0.15, 0.2) is 24.3 Å². The number of aryl methyl sites for hydroxylation is 1. The summed E-state index contributed by atoms with van der Waals surface area (Å²) in [5.41, 5.74) is 3.54. The number of fused-ring (bicyclic) bond motifs is 1. The van der Waals surface area contributed by atoms with E-state index in [1.54, 1.807) is 6.92 Å². The molecule has 0 bridgehead atoms. The number of carbonyl (C=O) groups excluding carboxylic acids is 2. The Morgan fingerprint density at radius 1 is 0.897 bits per heavy atom. The van der Waals surface area contributed by atoms with Gasteiger partial charge in [-0.2, -0.15) is 0 Å². The highest BCUT2D eigenvalue weighted by Crippen LogP contribution is 2.33. The minimum atomic E-state index is 0.0206. The average Bonchev–Trinajstić information content (AvgIpc) is 2.88. The molecule has 4 rings (SSSR count). The van der Waals surface area contributed by atoms with Gasteiger partial charge >= 0.3 is 0 Å². The Morgan fingerprint density at radius 2 is 1.59 bits per heavy atom. The lowest BCUT2D eigenvalue weighted by Gasteiger charge is -2.22. The Hall–Kier alpha value is -2.96. The highest BCUT2D eigenvalue weighted by Gasteiger charge is 2.25. The number of aromatic nitrogens is 1. The molecule has 2 amide bonds. The van der Waals surface area contributed by atoms with Gasteiger partial charge in [0.05, 0.1) is 5.56 Å². The van der Waals surface area contributed by atoms with Crippen LogP contribution in [0.25, 0.3) is 5.69 Å². The van der Waals surface area contributed by atoms with Gasteiger partial charge in [0.2, 0.25) is 5.91 Å². The van der Waals surface area contributed by atoms with Crippen LogP contribution >= 0.6 is 0 Å². The minimum Gasteiger partial charge on any atom is -0.486 e. The van der Waals surface area contributed by atoms with E-state index >= 15 is 0 Å². The van der Waals surface area contributed by atoms with Gasteiger partial charge < -0.3 is 23.8 Å². The van der Waals surface area contributed by atoms with Gasteiger partial charge in [-0.3, -0.25) is 9.59 Å². The summed E-state index contributed by atoms with van der Waals surface area (Å²) in [7, 11) is 0. The molecule has 1 fully saturated rings. The molecule has 0 spiro atoms. The number of rotatable bonds is 2. The molecule has 154 valence electrons. The quantitative estimate of drug-likeness (QED) is 0.781. The van der Waals surface area contributed by atoms with Crippen molar-refractivity contribution < 1.29 is 19.1 Å². The summed E-state index contributed by atoms with van der Waals surface area (Å²) in [6.45, 7) is 9.16. The highest BCUT2D eigenvalue weighted by molar-refractivity contribution is 5.96. The SMILES string of the molecule is CC(=O)N1CCCN(C(=O)c2cc(C)n(-c3ccc4c(c3)OCCO4)c2C)CC1. The van der Waals surface area contributed by atoms with Gasteiger partial charge in [-0.25, -0.2) is 0 Å². The van der Waals surface area contributed by atoms with E-state index < -0.39 is 0 Å². The predicted molar refractivity (Wildman–Crippen MR) is 109 cm³/mol. The van der Waals surface area contributed by atoms with E-state index in [2.05, 4.69) is 4.57 Å². The van der Waals surface area contributed by atoms with Crippen molar-refractivity contribution in [3.8, 4) is 17.2 Å². The molecule has 1 saturated heterocycles. The zero-order valence-corrected chi connectivity index (χ0v) is 17.2. The van der Waals surface area contributed by atoms with Crippen LogP contribution in [0.3, 0.4) is 0 Å². The zero-order valence-electron chi connectivity index (χ0n) is 17.2. The summed E-state index contributed by atoms with van der Waals surface area (Å²) < 4.78 is 13.4. The molecule has 1 aromatic carbocycles. The lowest BCUT2D eigenvalue weighted by molar-refractivity contribution is -0.128. The third-order valence-corrected chi connectivity index (χ3v) is 5.67. The van der Waals surface area contributed by atoms with Gasteiger partial charge in [-0.1, -0.05) is 0 Å². The normalized spacial score (nSPS) is 16.5. The van der Waals surface area contributed by atoms with Gasteiger partial charge in [0, 0.05) is 56.2 Å². The summed E-state index contributed by atoms with van der Waals surface area (Å²) in [5.74, 6) is 1.56. The fourth-order valence-corrected chi connectivity index (χ4v) is 4.15. The molecule has 7 heteroatoms. The number of hydrogen-bond acceptors (Lipinski definition) is 4.